The highest BCUT2D eigenvalue weighted by Crippen LogP contribution is 2.00. The zero-order valence-electron chi connectivity index (χ0n) is 5.31. The van der Waals surface area contributed by atoms with Gasteiger partial charge in [-0.1, -0.05) is 11.2 Å². The van der Waals surface area contributed by atoms with Crippen LogP contribution in [-0.4, -0.2) is 23.9 Å². The van der Waals surface area contributed by atoms with Crippen molar-refractivity contribution in [3.8, 4) is 0 Å². The molecule has 4 nitrogen and oxygen atoms in total. The van der Waals surface area contributed by atoms with Gasteiger partial charge < -0.3 is 5.11 Å². The molecule has 1 N–H and O–H groups in total. The molecule has 0 amide bonds. The van der Waals surface area contributed by atoms with Crippen molar-refractivity contribution >= 4 is 0 Å². The molecule has 0 aliphatic rings. The summed E-state index contributed by atoms with van der Waals surface area (Å²) >= 11 is 0. The molecule has 10 heavy (non-hydrogen) atoms. The summed E-state index contributed by atoms with van der Waals surface area (Å²) in [6.07, 6.45) is -1.74. The molecule has 0 saturated carbocycles. The lowest BCUT2D eigenvalue weighted by molar-refractivity contribution is 0.121. The van der Waals surface area contributed by atoms with Crippen molar-refractivity contribution < 1.29 is 9.50 Å². The first-order valence-electron chi connectivity index (χ1n) is 2.68. The number of azide groups is 1. The van der Waals surface area contributed by atoms with Crippen molar-refractivity contribution in [1.82, 2.24) is 0 Å². The van der Waals surface area contributed by atoms with E-state index >= 15 is 0 Å². The molecule has 5 heteroatoms. The lowest BCUT2D eigenvalue weighted by Crippen LogP contribution is -2.21. The highest BCUT2D eigenvalue weighted by atomic mass is 19.1. The number of nitrogens with zero attached hydrogens (tertiary/aromatic N) is 3. The van der Waals surface area contributed by atoms with Crippen LogP contribution in [0.4, 0.5) is 4.39 Å². The van der Waals surface area contributed by atoms with E-state index in [9.17, 15) is 4.39 Å². The van der Waals surface area contributed by atoms with E-state index in [1.165, 1.54) is 0 Å². The van der Waals surface area contributed by atoms with E-state index in [0.717, 1.165) is 6.08 Å². The molecule has 2 atom stereocenters. The summed E-state index contributed by atoms with van der Waals surface area (Å²) in [5.41, 5.74) is 7.75. The molecule has 0 radical (unpaired) electrons. The van der Waals surface area contributed by atoms with Gasteiger partial charge in [-0.05, 0) is 5.53 Å². The average molecular weight is 145 g/mol. The second kappa shape index (κ2) is 4.78. The van der Waals surface area contributed by atoms with Gasteiger partial charge in [0.1, 0.15) is 12.3 Å². The number of aliphatic hydroxyl groups is 1. The van der Waals surface area contributed by atoms with Crippen LogP contribution in [0.1, 0.15) is 0 Å². The fourth-order valence-electron chi connectivity index (χ4n) is 0.370. The maximum atomic E-state index is 12.4. The summed E-state index contributed by atoms with van der Waals surface area (Å²) in [4.78, 5) is 2.33. The quantitative estimate of drug-likeness (QED) is 0.274. The van der Waals surface area contributed by atoms with Gasteiger partial charge >= 0.3 is 0 Å². The lowest BCUT2D eigenvalue weighted by Gasteiger charge is -2.06. The van der Waals surface area contributed by atoms with Crippen LogP contribution in [0.5, 0.6) is 0 Å². The molecule has 0 aliphatic heterocycles. The molecule has 0 rings (SSSR count). The van der Waals surface area contributed by atoms with E-state index in [1.54, 1.807) is 0 Å². The first-order chi connectivity index (χ1) is 4.72. The average Bonchev–Trinajstić information content (AvgIpc) is 1.98. The van der Waals surface area contributed by atoms with Crippen molar-refractivity contribution in [2.75, 3.05) is 6.54 Å². The van der Waals surface area contributed by atoms with E-state index in [-0.39, 0.29) is 6.54 Å². The van der Waals surface area contributed by atoms with E-state index in [1.807, 2.05) is 0 Å². The van der Waals surface area contributed by atoms with E-state index in [0.29, 0.717) is 0 Å². The summed E-state index contributed by atoms with van der Waals surface area (Å²) in [5, 5.41) is 11.6. The van der Waals surface area contributed by atoms with Gasteiger partial charge in [-0.3, -0.25) is 0 Å². The van der Waals surface area contributed by atoms with Crippen LogP contribution >= 0.6 is 0 Å². The number of aliphatic hydroxyl groups excluding tert-OH is 1. The Morgan fingerprint density at radius 3 is 2.90 bits per heavy atom. The maximum absolute atomic E-state index is 12.4. The van der Waals surface area contributed by atoms with Crippen molar-refractivity contribution in [2.24, 2.45) is 5.11 Å². The van der Waals surface area contributed by atoms with E-state index < -0.39 is 12.3 Å². The Morgan fingerprint density at radius 1 is 1.90 bits per heavy atom. The van der Waals surface area contributed by atoms with Gasteiger partial charge in [-0.15, -0.1) is 6.58 Å². The number of hydrogen-bond donors (Lipinski definition) is 1. The van der Waals surface area contributed by atoms with Crippen LogP contribution in [0.3, 0.4) is 0 Å². The Balaban J connectivity index is 3.70. The molecule has 0 aliphatic carbocycles. The summed E-state index contributed by atoms with van der Waals surface area (Å²) in [7, 11) is 0. The molecule has 0 aromatic heterocycles. The van der Waals surface area contributed by atoms with Crippen LogP contribution in [0.15, 0.2) is 17.8 Å². The van der Waals surface area contributed by atoms with Crippen molar-refractivity contribution in [3.63, 3.8) is 0 Å². The standard InChI is InChI=1S/C5H8FN3O/c1-2-5(10)4(6)3-8-9-7/h2,4-5,10H,1,3H2/t4-,5-/m1/s1. The minimum Gasteiger partial charge on any atom is -0.386 e. The largest absolute Gasteiger partial charge is 0.386 e. The van der Waals surface area contributed by atoms with Gasteiger partial charge in [0.25, 0.3) is 0 Å². The van der Waals surface area contributed by atoms with Crippen molar-refractivity contribution in [3.05, 3.63) is 23.1 Å². The van der Waals surface area contributed by atoms with Gasteiger partial charge in [0, 0.05) is 4.91 Å². The van der Waals surface area contributed by atoms with Crippen LogP contribution < -0.4 is 0 Å². The Morgan fingerprint density at radius 2 is 2.50 bits per heavy atom. The zero-order valence-corrected chi connectivity index (χ0v) is 5.31. The summed E-state index contributed by atoms with van der Waals surface area (Å²) in [6.45, 7) is 2.81. The smallest absolute Gasteiger partial charge is 0.135 e. The minimum absolute atomic E-state index is 0.357. The maximum Gasteiger partial charge on any atom is 0.135 e. The summed E-state index contributed by atoms with van der Waals surface area (Å²) < 4.78 is 12.4. The van der Waals surface area contributed by atoms with Crippen LogP contribution in [0, 0.1) is 0 Å². The van der Waals surface area contributed by atoms with Gasteiger partial charge in [-0.25, -0.2) is 4.39 Å². The zero-order chi connectivity index (χ0) is 7.98. The number of halogens is 1. The van der Waals surface area contributed by atoms with Gasteiger partial charge in [-0.2, -0.15) is 0 Å². The highest BCUT2D eigenvalue weighted by molar-refractivity contribution is 4.85. The molecule has 0 spiro atoms. The molecular weight excluding hydrogens is 137 g/mol. The molecule has 0 aromatic rings. The third-order valence-corrected chi connectivity index (χ3v) is 0.931. The summed E-state index contributed by atoms with van der Waals surface area (Å²) in [5.74, 6) is 0. The molecule has 0 bridgehead atoms. The molecular formula is C5H8FN3O. The number of rotatable bonds is 4. The molecule has 0 aromatic carbocycles. The SMILES string of the molecule is C=C[C@@H](O)[C@H](F)CN=[N+]=[N-]. The topological polar surface area (TPSA) is 69.0 Å². The molecule has 0 heterocycles. The van der Waals surface area contributed by atoms with Crippen LogP contribution in [0.25, 0.3) is 10.4 Å². The predicted molar refractivity (Wildman–Crippen MR) is 35.1 cm³/mol. The number of hydrogen-bond acceptors (Lipinski definition) is 2. The second-order valence-corrected chi connectivity index (χ2v) is 1.66. The third-order valence-electron chi connectivity index (χ3n) is 0.931. The van der Waals surface area contributed by atoms with E-state index in [2.05, 4.69) is 16.6 Å². The minimum atomic E-state index is -1.55. The Hall–Kier alpha value is -1.06. The first-order valence-corrected chi connectivity index (χ1v) is 2.68. The second-order valence-electron chi connectivity index (χ2n) is 1.66. The first kappa shape index (κ1) is 8.94. The Kier molecular flexibility index (Phi) is 4.28. The van der Waals surface area contributed by atoms with Crippen LogP contribution in [-0.2, 0) is 0 Å². The third kappa shape index (κ3) is 3.06. The van der Waals surface area contributed by atoms with Crippen molar-refractivity contribution in [1.29, 1.82) is 0 Å². The fourth-order valence-corrected chi connectivity index (χ4v) is 0.370. The number of alkyl halides is 1. The van der Waals surface area contributed by atoms with Gasteiger partial charge in [0.2, 0.25) is 0 Å². The van der Waals surface area contributed by atoms with E-state index in [4.69, 9.17) is 10.6 Å². The lowest BCUT2D eigenvalue weighted by atomic mass is 10.2. The predicted octanol–water partition coefficient (Wildman–Crippen LogP) is 1.18. The normalized spacial score (nSPS) is 15.0. The van der Waals surface area contributed by atoms with Crippen molar-refractivity contribution in [2.45, 2.75) is 12.3 Å². The fraction of sp³-hybridized carbons (Fsp3) is 0.600. The molecule has 0 fully saturated rings. The molecule has 0 unspecified atom stereocenters. The van der Waals surface area contributed by atoms with Gasteiger partial charge in [0.05, 0.1) is 6.54 Å². The monoisotopic (exact) mass is 145 g/mol. The Labute approximate surface area is 57.6 Å². The summed E-state index contributed by atoms with van der Waals surface area (Å²) in [6, 6.07) is 0. The Bertz CT molecular complexity index is 155. The molecule has 56 valence electrons. The highest BCUT2D eigenvalue weighted by Gasteiger charge is 2.12. The molecule has 0 saturated heterocycles. The van der Waals surface area contributed by atoms with Crippen LogP contribution in [0.2, 0.25) is 0 Å². The van der Waals surface area contributed by atoms with Gasteiger partial charge in [0.15, 0.2) is 0 Å².